The van der Waals surface area contributed by atoms with Crippen LogP contribution in [0.25, 0.3) is 0 Å². The van der Waals surface area contributed by atoms with Crippen LogP contribution in [0.4, 0.5) is 10.8 Å². The fraction of sp³-hybridized carbons (Fsp3) is 0.211. The lowest BCUT2D eigenvalue weighted by atomic mass is 10.0. The highest BCUT2D eigenvalue weighted by atomic mass is 32.2. The first-order valence-corrected chi connectivity index (χ1v) is 11.0. The summed E-state index contributed by atoms with van der Waals surface area (Å²) in [6.07, 6.45) is 1.61. The molecule has 0 spiro atoms. The van der Waals surface area contributed by atoms with E-state index in [1.54, 1.807) is 19.1 Å². The zero-order valence-electron chi connectivity index (χ0n) is 15.1. The van der Waals surface area contributed by atoms with Crippen molar-refractivity contribution in [2.24, 2.45) is 0 Å². The van der Waals surface area contributed by atoms with Crippen LogP contribution in [-0.2, 0) is 16.4 Å². The summed E-state index contributed by atoms with van der Waals surface area (Å²) in [6, 6.07) is 13.6. The van der Waals surface area contributed by atoms with E-state index in [-0.39, 0.29) is 10.5 Å². The number of benzene rings is 2. The van der Waals surface area contributed by atoms with Crippen molar-refractivity contribution in [3.8, 4) is 0 Å². The van der Waals surface area contributed by atoms with Gasteiger partial charge < -0.3 is 0 Å². The van der Waals surface area contributed by atoms with Crippen LogP contribution >= 0.6 is 11.3 Å². The number of amides is 1. The molecule has 7 nitrogen and oxygen atoms in total. The lowest BCUT2D eigenvalue weighted by molar-refractivity contribution is 0.102. The second kappa shape index (κ2) is 7.33. The van der Waals surface area contributed by atoms with Gasteiger partial charge in [0, 0.05) is 12.1 Å². The summed E-state index contributed by atoms with van der Waals surface area (Å²) < 4.78 is 27.9. The number of sulfonamides is 1. The van der Waals surface area contributed by atoms with Crippen molar-refractivity contribution in [3.63, 3.8) is 0 Å². The van der Waals surface area contributed by atoms with Gasteiger partial charge >= 0.3 is 0 Å². The largest absolute Gasteiger partial charge is 0.296 e. The minimum Gasteiger partial charge on any atom is -0.296 e. The number of aromatic nitrogens is 2. The van der Waals surface area contributed by atoms with Gasteiger partial charge in [-0.15, -0.1) is 10.2 Å². The molecule has 0 bridgehead atoms. The predicted octanol–water partition coefficient (Wildman–Crippen LogP) is 3.24. The Morgan fingerprint density at radius 3 is 2.75 bits per heavy atom. The van der Waals surface area contributed by atoms with Crippen LogP contribution in [0.3, 0.4) is 0 Å². The third kappa shape index (κ3) is 3.50. The molecule has 4 rings (SSSR count). The number of hydrogen-bond acceptors (Lipinski definition) is 6. The fourth-order valence-corrected chi connectivity index (χ4v) is 5.36. The fourth-order valence-electron chi connectivity index (χ4n) is 3.19. The normalized spacial score (nSPS) is 13.8. The number of anilines is 2. The zero-order valence-corrected chi connectivity index (χ0v) is 16.8. The molecule has 0 unspecified atom stereocenters. The number of nitrogens with one attached hydrogen (secondary N) is 1. The van der Waals surface area contributed by atoms with E-state index in [0.717, 1.165) is 23.4 Å². The van der Waals surface area contributed by atoms with Crippen LogP contribution < -0.4 is 9.62 Å². The molecular weight excluding hydrogens is 396 g/mol. The van der Waals surface area contributed by atoms with E-state index in [0.29, 0.717) is 17.4 Å². The molecule has 1 aromatic heterocycles. The van der Waals surface area contributed by atoms with Gasteiger partial charge in [0.25, 0.3) is 15.9 Å². The highest BCUT2D eigenvalue weighted by Gasteiger charge is 2.29. The lowest BCUT2D eigenvalue weighted by Crippen LogP contribution is -2.35. The second-order valence-corrected chi connectivity index (χ2v) is 9.46. The number of aryl methyl sites for hydroxylation is 2. The SMILES string of the molecule is Cc1nnc(NC(=O)c2cccc(S(=O)(=O)N3CCCc4ccccc43)c2)s1. The zero-order chi connectivity index (χ0) is 19.7. The number of hydrogen-bond donors (Lipinski definition) is 1. The maximum atomic E-state index is 13.3. The second-order valence-electron chi connectivity index (χ2n) is 6.42. The van der Waals surface area contributed by atoms with Crippen molar-refractivity contribution in [1.82, 2.24) is 10.2 Å². The molecule has 144 valence electrons. The first kappa shape index (κ1) is 18.6. The van der Waals surface area contributed by atoms with Gasteiger partial charge in [0.1, 0.15) is 5.01 Å². The first-order chi connectivity index (χ1) is 13.4. The molecule has 1 N–H and O–H groups in total. The Labute approximate surface area is 167 Å². The van der Waals surface area contributed by atoms with E-state index in [1.807, 2.05) is 24.3 Å². The Balaban J connectivity index is 1.64. The van der Waals surface area contributed by atoms with Gasteiger partial charge in [-0.2, -0.15) is 0 Å². The van der Waals surface area contributed by atoms with Gasteiger partial charge in [-0.3, -0.25) is 14.4 Å². The third-order valence-corrected chi connectivity index (χ3v) is 7.06. The standard InChI is InChI=1S/C19H18N4O3S2/c1-13-21-22-19(27-13)20-18(24)15-7-4-9-16(12-15)28(25,26)23-11-5-8-14-6-2-3-10-17(14)23/h2-4,6-7,9-10,12H,5,8,11H2,1H3,(H,20,22,24). The lowest BCUT2D eigenvalue weighted by Gasteiger charge is -2.30. The summed E-state index contributed by atoms with van der Waals surface area (Å²) in [5.41, 5.74) is 1.96. The topological polar surface area (TPSA) is 92.3 Å². The van der Waals surface area contributed by atoms with Crippen molar-refractivity contribution < 1.29 is 13.2 Å². The van der Waals surface area contributed by atoms with E-state index < -0.39 is 15.9 Å². The summed E-state index contributed by atoms with van der Waals surface area (Å²) in [7, 11) is -3.77. The highest BCUT2D eigenvalue weighted by Crippen LogP contribution is 2.32. The Bertz CT molecular complexity index is 1140. The van der Waals surface area contributed by atoms with Crippen LogP contribution in [0.5, 0.6) is 0 Å². The summed E-state index contributed by atoms with van der Waals surface area (Å²) in [4.78, 5) is 12.6. The van der Waals surface area contributed by atoms with Crippen molar-refractivity contribution in [2.75, 3.05) is 16.2 Å². The molecule has 0 aliphatic carbocycles. The van der Waals surface area contributed by atoms with E-state index in [2.05, 4.69) is 15.5 Å². The number of para-hydroxylation sites is 1. The summed E-state index contributed by atoms with van der Waals surface area (Å²) >= 11 is 1.25. The van der Waals surface area contributed by atoms with Crippen LogP contribution in [0, 0.1) is 6.92 Å². The Kier molecular flexibility index (Phi) is 4.86. The predicted molar refractivity (Wildman–Crippen MR) is 108 cm³/mol. The molecule has 0 saturated heterocycles. The monoisotopic (exact) mass is 414 g/mol. The van der Waals surface area contributed by atoms with E-state index in [4.69, 9.17) is 0 Å². The molecule has 0 radical (unpaired) electrons. The molecule has 1 aliphatic rings. The number of carbonyl (C=O) groups excluding carboxylic acids is 1. The maximum absolute atomic E-state index is 13.3. The van der Waals surface area contributed by atoms with Crippen LogP contribution in [0.2, 0.25) is 0 Å². The Morgan fingerprint density at radius 2 is 1.96 bits per heavy atom. The van der Waals surface area contributed by atoms with Gasteiger partial charge in [-0.1, -0.05) is 35.6 Å². The van der Waals surface area contributed by atoms with Gasteiger partial charge in [-0.05, 0) is 49.6 Å². The summed E-state index contributed by atoms with van der Waals surface area (Å²) in [6.45, 7) is 2.21. The van der Waals surface area contributed by atoms with Crippen molar-refractivity contribution in [2.45, 2.75) is 24.7 Å². The molecule has 0 saturated carbocycles. The van der Waals surface area contributed by atoms with E-state index in [9.17, 15) is 13.2 Å². The summed E-state index contributed by atoms with van der Waals surface area (Å²) in [5.74, 6) is -0.424. The van der Waals surface area contributed by atoms with Crippen molar-refractivity contribution in [1.29, 1.82) is 0 Å². The van der Waals surface area contributed by atoms with Gasteiger partial charge in [0.15, 0.2) is 0 Å². The van der Waals surface area contributed by atoms with Crippen LogP contribution in [0.1, 0.15) is 27.3 Å². The minimum absolute atomic E-state index is 0.0882. The average Bonchev–Trinajstić information content (AvgIpc) is 3.12. The van der Waals surface area contributed by atoms with Gasteiger partial charge in [-0.25, -0.2) is 8.42 Å². The molecule has 1 amide bonds. The average molecular weight is 415 g/mol. The van der Waals surface area contributed by atoms with Crippen LogP contribution in [0.15, 0.2) is 53.4 Å². The van der Waals surface area contributed by atoms with E-state index in [1.165, 1.54) is 27.8 Å². The molecule has 0 fully saturated rings. The molecule has 2 heterocycles. The smallest absolute Gasteiger partial charge is 0.264 e. The quantitative estimate of drug-likeness (QED) is 0.708. The maximum Gasteiger partial charge on any atom is 0.264 e. The molecule has 28 heavy (non-hydrogen) atoms. The third-order valence-electron chi connectivity index (χ3n) is 4.50. The minimum atomic E-state index is -3.77. The van der Waals surface area contributed by atoms with E-state index >= 15 is 0 Å². The molecule has 1 aliphatic heterocycles. The number of nitrogens with zero attached hydrogens (tertiary/aromatic N) is 3. The van der Waals surface area contributed by atoms with Gasteiger partial charge in [0.2, 0.25) is 5.13 Å². The Hall–Kier alpha value is -2.78. The van der Waals surface area contributed by atoms with Crippen LogP contribution in [-0.4, -0.2) is 31.1 Å². The number of fused-ring (bicyclic) bond motifs is 1. The summed E-state index contributed by atoms with van der Waals surface area (Å²) in [5, 5.41) is 11.5. The van der Waals surface area contributed by atoms with Crippen molar-refractivity contribution in [3.05, 3.63) is 64.7 Å². The van der Waals surface area contributed by atoms with Crippen molar-refractivity contribution >= 4 is 38.1 Å². The number of carbonyl (C=O) groups is 1. The molecule has 9 heteroatoms. The number of rotatable bonds is 4. The first-order valence-electron chi connectivity index (χ1n) is 8.77. The molecule has 3 aromatic rings. The highest BCUT2D eigenvalue weighted by molar-refractivity contribution is 7.92. The van der Waals surface area contributed by atoms with Gasteiger partial charge in [0.05, 0.1) is 10.6 Å². The molecule has 0 atom stereocenters. The molecule has 2 aromatic carbocycles. The molecular formula is C19H18N4O3S2. The Morgan fingerprint density at radius 1 is 1.14 bits per heavy atom.